The van der Waals surface area contributed by atoms with E-state index in [0.717, 1.165) is 17.5 Å². The first-order valence-corrected chi connectivity index (χ1v) is 14.3. The monoisotopic (exact) mass is 453 g/mol. The first-order valence-electron chi connectivity index (χ1n) is 11.4. The Kier molecular flexibility index (Phi) is 7.57. The molecule has 3 rings (SSSR count). The van der Waals surface area contributed by atoms with Gasteiger partial charge in [0.2, 0.25) is 5.91 Å². The second kappa shape index (κ2) is 10.0. The van der Waals surface area contributed by atoms with E-state index in [0.29, 0.717) is 6.42 Å². The van der Waals surface area contributed by atoms with Crippen LogP contribution < -0.4 is 0 Å². The lowest BCUT2D eigenvalue weighted by Gasteiger charge is -2.39. The molecule has 1 aliphatic heterocycles. The summed E-state index contributed by atoms with van der Waals surface area (Å²) in [4.78, 5) is 26.6. The number of hydrogen-bond acceptors (Lipinski definition) is 4. The fourth-order valence-corrected chi connectivity index (χ4v) is 4.99. The Bertz CT molecular complexity index is 908. The largest absolute Gasteiger partial charge is 0.446 e. The van der Waals surface area contributed by atoms with Crippen molar-refractivity contribution in [2.24, 2.45) is 0 Å². The van der Waals surface area contributed by atoms with Crippen LogP contribution in [0.15, 0.2) is 60.7 Å². The summed E-state index contributed by atoms with van der Waals surface area (Å²) in [5.74, 6) is -0.194. The number of benzene rings is 2. The van der Waals surface area contributed by atoms with Crippen molar-refractivity contribution < 1.29 is 18.8 Å². The SMILES string of the molecule is CC(C)(C)[Si](C)(C)O[C@H](CCCC(=O)N1C(=O)OC[C@@H]1c1ccccc1)c1ccccc1. The van der Waals surface area contributed by atoms with Crippen LogP contribution in [0.4, 0.5) is 4.79 Å². The van der Waals surface area contributed by atoms with Gasteiger partial charge in [-0.15, -0.1) is 0 Å². The molecule has 2 aromatic carbocycles. The summed E-state index contributed by atoms with van der Waals surface area (Å²) in [6.45, 7) is 11.4. The van der Waals surface area contributed by atoms with Crippen LogP contribution in [0.5, 0.6) is 0 Å². The molecular weight excluding hydrogens is 418 g/mol. The maximum absolute atomic E-state index is 13.0. The van der Waals surface area contributed by atoms with Gasteiger partial charge < -0.3 is 9.16 Å². The lowest BCUT2D eigenvalue weighted by atomic mass is 10.0. The highest BCUT2D eigenvalue weighted by Crippen LogP contribution is 2.41. The van der Waals surface area contributed by atoms with Gasteiger partial charge in [0.1, 0.15) is 12.6 Å². The quantitative estimate of drug-likeness (QED) is 0.420. The summed E-state index contributed by atoms with van der Waals surface area (Å²) in [6.07, 6.45) is 1.02. The molecule has 6 heteroatoms. The Hall–Kier alpha value is -2.44. The third-order valence-corrected chi connectivity index (χ3v) is 11.1. The van der Waals surface area contributed by atoms with Crippen LogP contribution in [-0.4, -0.2) is 31.8 Å². The van der Waals surface area contributed by atoms with Crippen LogP contribution in [-0.2, 0) is 14.0 Å². The van der Waals surface area contributed by atoms with Crippen molar-refractivity contribution in [3.8, 4) is 0 Å². The second-order valence-corrected chi connectivity index (χ2v) is 14.7. The van der Waals surface area contributed by atoms with Gasteiger partial charge in [0.15, 0.2) is 8.32 Å². The predicted octanol–water partition coefficient (Wildman–Crippen LogP) is 6.64. The zero-order valence-corrected chi connectivity index (χ0v) is 20.8. The average Bonchev–Trinajstić information content (AvgIpc) is 3.15. The van der Waals surface area contributed by atoms with Crippen molar-refractivity contribution in [3.05, 3.63) is 71.8 Å². The van der Waals surface area contributed by atoms with Gasteiger partial charge in [-0.1, -0.05) is 81.4 Å². The predicted molar refractivity (Wildman–Crippen MR) is 129 cm³/mol. The van der Waals surface area contributed by atoms with E-state index < -0.39 is 14.4 Å². The molecule has 1 aliphatic rings. The fraction of sp³-hybridized carbons (Fsp3) is 0.462. The van der Waals surface area contributed by atoms with Crippen LogP contribution in [0.3, 0.4) is 0 Å². The molecule has 32 heavy (non-hydrogen) atoms. The van der Waals surface area contributed by atoms with E-state index in [1.807, 2.05) is 48.5 Å². The normalized spacial score (nSPS) is 17.8. The van der Waals surface area contributed by atoms with Crippen LogP contribution >= 0.6 is 0 Å². The minimum atomic E-state index is -1.99. The maximum atomic E-state index is 13.0. The molecule has 0 N–H and O–H groups in total. The summed E-state index contributed by atoms with van der Waals surface area (Å²) in [6, 6.07) is 19.4. The van der Waals surface area contributed by atoms with E-state index in [9.17, 15) is 9.59 Å². The molecule has 0 bridgehead atoms. The smallest absolute Gasteiger partial charge is 0.417 e. The van der Waals surface area contributed by atoms with E-state index in [1.54, 1.807) is 0 Å². The van der Waals surface area contributed by atoms with Crippen molar-refractivity contribution in [1.29, 1.82) is 0 Å². The third-order valence-electron chi connectivity index (χ3n) is 6.60. The van der Waals surface area contributed by atoms with Gasteiger partial charge in [-0.3, -0.25) is 4.79 Å². The molecule has 0 radical (unpaired) electrons. The summed E-state index contributed by atoms with van der Waals surface area (Å²) < 4.78 is 11.9. The minimum Gasteiger partial charge on any atom is -0.446 e. The number of carbonyl (C=O) groups is 2. The van der Waals surface area contributed by atoms with Gasteiger partial charge in [-0.05, 0) is 42.1 Å². The summed E-state index contributed by atoms with van der Waals surface area (Å²) >= 11 is 0. The Morgan fingerprint density at radius 1 is 1.09 bits per heavy atom. The van der Waals surface area contributed by atoms with Gasteiger partial charge in [0.05, 0.1) is 6.10 Å². The van der Waals surface area contributed by atoms with Gasteiger partial charge in [-0.2, -0.15) is 0 Å². The van der Waals surface area contributed by atoms with Crippen LogP contribution in [0.25, 0.3) is 0 Å². The highest BCUT2D eigenvalue weighted by Gasteiger charge is 2.40. The van der Waals surface area contributed by atoms with Gasteiger partial charge >= 0.3 is 6.09 Å². The number of amides is 2. The van der Waals surface area contributed by atoms with E-state index in [2.05, 4.69) is 46.0 Å². The van der Waals surface area contributed by atoms with Crippen molar-refractivity contribution >= 4 is 20.3 Å². The molecule has 1 fully saturated rings. The molecule has 0 spiro atoms. The van der Waals surface area contributed by atoms with E-state index in [-0.39, 0.29) is 36.1 Å². The second-order valence-electron chi connectivity index (χ2n) is 9.94. The molecule has 1 saturated heterocycles. The summed E-state index contributed by atoms with van der Waals surface area (Å²) in [5.41, 5.74) is 2.04. The van der Waals surface area contributed by atoms with Gasteiger partial charge in [0, 0.05) is 6.42 Å². The van der Waals surface area contributed by atoms with E-state index in [4.69, 9.17) is 9.16 Å². The number of cyclic esters (lactones) is 1. The lowest BCUT2D eigenvalue weighted by Crippen LogP contribution is -2.42. The zero-order valence-electron chi connectivity index (χ0n) is 19.8. The Labute approximate surface area is 192 Å². The number of carbonyl (C=O) groups excluding carboxylic acids is 2. The lowest BCUT2D eigenvalue weighted by molar-refractivity contribution is -0.129. The molecule has 0 aliphatic carbocycles. The standard InChI is InChI=1S/C26H35NO4Si/c1-26(2,3)32(4,5)31-23(21-15-10-7-11-16-21)17-12-18-24(28)27-22(19-30-25(27)29)20-13-8-6-9-14-20/h6-11,13-16,22-23H,12,17-19H2,1-5H3/t22-,23-/m1/s1. The van der Waals surface area contributed by atoms with Crippen molar-refractivity contribution in [2.75, 3.05) is 6.61 Å². The molecule has 0 saturated carbocycles. The van der Waals surface area contributed by atoms with Crippen molar-refractivity contribution in [3.63, 3.8) is 0 Å². The molecule has 2 aromatic rings. The first kappa shape index (κ1) is 24.2. The maximum Gasteiger partial charge on any atom is 0.417 e. The number of ether oxygens (including phenoxy) is 1. The van der Waals surface area contributed by atoms with Crippen molar-refractivity contribution in [1.82, 2.24) is 4.90 Å². The minimum absolute atomic E-state index is 0.0691. The Morgan fingerprint density at radius 3 is 2.28 bits per heavy atom. The number of hydrogen-bond donors (Lipinski definition) is 0. The highest BCUT2D eigenvalue weighted by atomic mass is 28.4. The fourth-order valence-electron chi connectivity index (χ4n) is 3.67. The number of rotatable bonds is 8. The molecule has 0 unspecified atom stereocenters. The van der Waals surface area contributed by atoms with E-state index in [1.165, 1.54) is 4.90 Å². The molecule has 0 aromatic heterocycles. The number of imide groups is 1. The molecule has 5 nitrogen and oxygen atoms in total. The summed E-state index contributed by atoms with van der Waals surface area (Å²) in [7, 11) is -1.99. The Balaban J connectivity index is 1.67. The van der Waals surface area contributed by atoms with Crippen LogP contribution in [0.1, 0.15) is 63.3 Å². The summed E-state index contributed by atoms with van der Waals surface area (Å²) in [5, 5.41) is 0.0953. The average molecular weight is 454 g/mol. The molecule has 1 heterocycles. The zero-order chi connectivity index (χ0) is 23.4. The Morgan fingerprint density at radius 2 is 1.69 bits per heavy atom. The van der Waals surface area contributed by atoms with Crippen LogP contribution in [0, 0.1) is 0 Å². The first-order chi connectivity index (χ1) is 15.1. The third kappa shape index (κ3) is 5.67. The number of nitrogens with zero attached hydrogens (tertiary/aromatic N) is 1. The molecule has 172 valence electrons. The van der Waals surface area contributed by atoms with E-state index >= 15 is 0 Å². The molecule has 2 atom stereocenters. The van der Waals surface area contributed by atoms with Crippen LogP contribution in [0.2, 0.25) is 18.1 Å². The molecule has 2 amide bonds. The van der Waals surface area contributed by atoms with Gasteiger partial charge in [-0.25, -0.2) is 9.69 Å². The van der Waals surface area contributed by atoms with Crippen molar-refractivity contribution in [2.45, 2.75) is 70.3 Å². The highest BCUT2D eigenvalue weighted by molar-refractivity contribution is 6.74. The topological polar surface area (TPSA) is 55.8 Å². The molecular formula is C26H35NO4Si. The van der Waals surface area contributed by atoms with Gasteiger partial charge in [0.25, 0.3) is 0 Å².